The minimum absolute atomic E-state index is 0.0255. The molecule has 1 fully saturated rings. The molecule has 0 saturated carbocycles. The molecule has 0 radical (unpaired) electrons. The molecular weight excluding hydrogens is 256 g/mol. The van der Waals surface area contributed by atoms with Gasteiger partial charge in [0.2, 0.25) is 5.91 Å². The van der Waals surface area contributed by atoms with Gasteiger partial charge in [-0.1, -0.05) is 0 Å². The smallest absolute Gasteiger partial charge is 0.234 e. The first-order chi connectivity index (χ1) is 9.69. The first-order valence-corrected chi connectivity index (χ1v) is 6.32. The lowest BCUT2D eigenvalue weighted by Gasteiger charge is -2.20. The van der Waals surface area contributed by atoms with Gasteiger partial charge in [0.25, 0.3) is 0 Å². The van der Waals surface area contributed by atoms with Gasteiger partial charge < -0.3 is 14.2 Å². The maximum Gasteiger partial charge on any atom is 0.234 e. The van der Waals surface area contributed by atoms with Gasteiger partial charge >= 0.3 is 0 Å². The third-order valence-electron chi connectivity index (χ3n) is 3.34. The van der Waals surface area contributed by atoms with Crippen molar-refractivity contribution < 1.29 is 14.3 Å². The number of benzene rings is 1. The van der Waals surface area contributed by atoms with Crippen LogP contribution in [-0.2, 0) is 9.59 Å². The summed E-state index contributed by atoms with van der Waals surface area (Å²) < 4.78 is 7.12. The summed E-state index contributed by atoms with van der Waals surface area (Å²) in [4.78, 5) is 25.0. The molecule has 0 bridgehead atoms. The largest absolute Gasteiger partial charge is 0.497 e. The van der Waals surface area contributed by atoms with Crippen LogP contribution in [0.25, 0.3) is 5.69 Å². The summed E-state index contributed by atoms with van der Waals surface area (Å²) in [6.45, 7) is 0.125. The van der Waals surface area contributed by atoms with Crippen LogP contribution < -0.4 is 9.64 Å². The summed E-state index contributed by atoms with van der Waals surface area (Å²) in [7, 11) is 1.57. The average Bonchev–Trinajstić information content (AvgIpc) is 3.07. The van der Waals surface area contributed by atoms with Crippen molar-refractivity contribution in [3.8, 4) is 11.4 Å². The Morgan fingerprint density at radius 3 is 2.45 bits per heavy atom. The molecular formula is C15H14N2O3. The molecule has 0 N–H and O–H groups in total. The lowest BCUT2D eigenvalue weighted by Crippen LogP contribution is -2.25. The van der Waals surface area contributed by atoms with Crippen molar-refractivity contribution in [1.82, 2.24) is 4.57 Å². The zero-order chi connectivity index (χ0) is 14.1. The van der Waals surface area contributed by atoms with E-state index in [1.807, 2.05) is 41.2 Å². The normalized spacial score (nSPS) is 14.9. The molecule has 5 heteroatoms. The van der Waals surface area contributed by atoms with Gasteiger partial charge in [0.05, 0.1) is 31.5 Å². The van der Waals surface area contributed by atoms with Gasteiger partial charge in [0, 0.05) is 18.5 Å². The SMILES string of the molecule is COc1ccc(-n2cccc2)c(N2CC(=O)CC2=O)c1. The fourth-order valence-electron chi connectivity index (χ4n) is 2.36. The zero-order valence-corrected chi connectivity index (χ0v) is 11.1. The number of carbonyl (C=O) groups is 2. The van der Waals surface area contributed by atoms with Gasteiger partial charge in [-0.05, 0) is 24.3 Å². The fourth-order valence-corrected chi connectivity index (χ4v) is 2.36. The molecule has 0 unspecified atom stereocenters. The summed E-state index contributed by atoms with van der Waals surface area (Å²) >= 11 is 0. The number of ether oxygens (including phenoxy) is 1. The van der Waals surface area contributed by atoms with Crippen LogP contribution in [0.2, 0.25) is 0 Å². The zero-order valence-electron chi connectivity index (χ0n) is 11.1. The molecule has 0 atom stereocenters. The summed E-state index contributed by atoms with van der Waals surface area (Å²) in [6.07, 6.45) is 3.77. The molecule has 1 aromatic carbocycles. The summed E-state index contributed by atoms with van der Waals surface area (Å²) in [6, 6.07) is 9.31. The van der Waals surface area contributed by atoms with Crippen molar-refractivity contribution >= 4 is 17.4 Å². The van der Waals surface area contributed by atoms with Crippen LogP contribution in [0.1, 0.15) is 6.42 Å². The number of amides is 1. The second kappa shape index (κ2) is 4.85. The minimum atomic E-state index is -0.170. The fraction of sp³-hybridized carbons (Fsp3) is 0.200. The highest BCUT2D eigenvalue weighted by molar-refractivity contribution is 6.15. The molecule has 1 amide bonds. The van der Waals surface area contributed by atoms with Crippen molar-refractivity contribution in [3.05, 3.63) is 42.7 Å². The first-order valence-electron chi connectivity index (χ1n) is 6.32. The minimum Gasteiger partial charge on any atom is -0.497 e. The monoisotopic (exact) mass is 270 g/mol. The Bertz CT molecular complexity index is 662. The lowest BCUT2D eigenvalue weighted by molar-refractivity contribution is -0.121. The second-order valence-electron chi connectivity index (χ2n) is 4.64. The summed E-state index contributed by atoms with van der Waals surface area (Å²) in [5.74, 6) is 0.427. The van der Waals surface area contributed by atoms with Crippen molar-refractivity contribution in [2.24, 2.45) is 0 Å². The van der Waals surface area contributed by atoms with Gasteiger partial charge in [-0.15, -0.1) is 0 Å². The number of Topliss-reactive ketones (excluding diaryl/α,β-unsaturated/α-hetero) is 1. The van der Waals surface area contributed by atoms with E-state index in [1.54, 1.807) is 13.2 Å². The number of rotatable bonds is 3. The van der Waals surface area contributed by atoms with E-state index < -0.39 is 0 Å². The first kappa shape index (κ1) is 12.5. The van der Waals surface area contributed by atoms with Gasteiger partial charge in [-0.3, -0.25) is 9.59 Å². The van der Waals surface area contributed by atoms with Gasteiger partial charge in [-0.2, -0.15) is 0 Å². The molecule has 1 aromatic heterocycles. The van der Waals surface area contributed by atoms with E-state index in [-0.39, 0.29) is 24.7 Å². The summed E-state index contributed by atoms with van der Waals surface area (Å²) in [5.41, 5.74) is 1.54. The predicted molar refractivity (Wildman–Crippen MR) is 74.3 cm³/mol. The Morgan fingerprint density at radius 2 is 1.85 bits per heavy atom. The highest BCUT2D eigenvalue weighted by Gasteiger charge is 2.30. The number of hydrogen-bond acceptors (Lipinski definition) is 3. The molecule has 2 heterocycles. The third kappa shape index (κ3) is 2.07. The number of methoxy groups -OCH3 is 1. The molecule has 5 nitrogen and oxygen atoms in total. The molecule has 2 aromatic rings. The maximum absolute atomic E-state index is 12.0. The van der Waals surface area contributed by atoms with E-state index in [2.05, 4.69) is 0 Å². The van der Waals surface area contributed by atoms with E-state index in [9.17, 15) is 9.59 Å². The van der Waals surface area contributed by atoms with Crippen LogP contribution >= 0.6 is 0 Å². The van der Waals surface area contributed by atoms with Crippen LogP contribution in [0.3, 0.4) is 0 Å². The average molecular weight is 270 g/mol. The van der Waals surface area contributed by atoms with Gasteiger partial charge in [0.1, 0.15) is 5.75 Å². The van der Waals surface area contributed by atoms with Crippen molar-refractivity contribution in [2.45, 2.75) is 6.42 Å². The van der Waals surface area contributed by atoms with E-state index in [4.69, 9.17) is 4.74 Å². The Balaban J connectivity index is 2.11. The van der Waals surface area contributed by atoms with Crippen molar-refractivity contribution in [2.75, 3.05) is 18.6 Å². The van der Waals surface area contributed by atoms with Crippen molar-refractivity contribution in [1.29, 1.82) is 0 Å². The number of anilines is 1. The molecule has 3 rings (SSSR count). The molecule has 1 aliphatic heterocycles. The van der Waals surface area contributed by atoms with Gasteiger partial charge in [0.15, 0.2) is 5.78 Å². The number of ketones is 1. The molecule has 1 saturated heterocycles. The Morgan fingerprint density at radius 1 is 1.10 bits per heavy atom. The Labute approximate surface area is 116 Å². The Hall–Kier alpha value is -2.56. The topological polar surface area (TPSA) is 51.5 Å². The number of aromatic nitrogens is 1. The highest BCUT2D eigenvalue weighted by atomic mass is 16.5. The number of hydrogen-bond donors (Lipinski definition) is 0. The van der Waals surface area contributed by atoms with Crippen LogP contribution in [0.4, 0.5) is 5.69 Å². The summed E-state index contributed by atoms with van der Waals surface area (Å²) in [5, 5.41) is 0. The maximum atomic E-state index is 12.0. The molecule has 102 valence electrons. The molecule has 20 heavy (non-hydrogen) atoms. The van der Waals surface area contributed by atoms with Crippen molar-refractivity contribution in [3.63, 3.8) is 0 Å². The molecule has 1 aliphatic rings. The predicted octanol–water partition coefficient (Wildman–Crippen LogP) is 1.79. The third-order valence-corrected chi connectivity index (χ3v) is 3.34. The van der Waals surface area contributed by atoms with Gasteiger partial charge in [-0.25, -0.2) is 0 Å². The van der Waals surface area contributed by atoms with E-state index in [0.717, 1.165) is 5.69 Å². The number of nitrogens with zero attached hydrogens (tertiary/aromatic N) is 2. The van der Waals surface area contributed by atoms with E-state index in [0.29, 0.717) is 11.4 Å². The lowest BCUT2D eigenvalue weighted by atomic mass is 10.2. The second-order valence-corrected chi connectivity index (χ2v) is 4.64. The quantitative estimate of drug-likeness (QED) is 0.799. The Kier molecular flexibility index (Phi) is 3.02. The highest BCUT2D eigenvalue weighted by Crippen LogP contribution is 2.31. The van der Waals surface area contributed by atoms with Crippen LogP contribution in [-0.4, -0.2) is 29.9 Å². The number of carbonyl (C=O) groups excluding carboxylic acids is 2. The molecule has 0 aliphatic carbocycles. The van der Waals surface area contributed by atoms with E-state index >= 15 is 0 Å². The molecule has 0 spiro atoms. The van der Waals surface area contributed by atoms with Crippen LogP contribution in [0.15, 0.2) is 42.7 Å². The standard InChI is InChI=1S/C15H14N2O3/c1-20-12-4-5-13(16-6-2-3-7-16)14(9-12)17-10-11(18)8-15(17)19/h2-7,9H,8,10H2,1H3. The van der Waals surface area contributed by atoms with E-state index in [1.165, 1.54) is 4.90 Å². The van der Waals surface area contributed by atoms with Crippen LogP contribution in [0.5, 0.6) is 5.75 Å². The van der Waals surface area contributed by atoms with Crippen LogP contribution in [0, 0.1) is 0 Å².